The lowest BCUT2D eigenvalue weighted by atomic mass is 10.1. The quantitative estimate of drug-likeness (QED) is 0.293. The minimum absolute atomic E-state index is 0.0876. The van der Waals surface area contributed by atoms with Gasteiger partial charge in [0.15, 0.2) is 0 Å². The van der Waals surface area contributed by atoms with Crippen LogP contribution in [0.2, 0.25) is 0 Å². The number of unbranched alkanes of at least 4 members (excludes halogenated alkanes) is 10. The number of likely N-dealkylation sites (N-methyl/N-ethyl adjacent to an activating group) is 1. The van der Waals surface area contributed by atoms with Crippen molar-refractivity contribution in [2.45, 2.75) is 90.4 Å². The van der Waals surface area contributed by atoms with Crippen LogP contribution in [0.3, 0.4) is 0 Å². The molecule has 0 saturated heterocycles. The van der Waals surface area contributed by atoms with Crippen LogP contribution in [0.1, 0.15) is 90.4 Å². The molecular weight excluding hydrogens is 308 g/mol. The Morgan fingerprint density at radius 2 is 1.16 bits per heavy atom. The number of Topliss-reactive ketones (excluding diaryl/α,β-unsaturated/α-hetero) is 1. The number of nitrogens with zero attached hydrogens (tertiary/aromatic N) is 2. The Labute approximate surface area is 158 Å². The van der Waals surface area contributed by atoms with Gasteiger partial charge in [-0.3, -0.25) is 4.79 Å². The van der Waals surface area contributed by atoms with E-state index in [1.807, 2.05) is 0 Å². The normalized spacial score (nSPS) is 11.6. The summed E-state index contributed by atoms with van der Waals surface area (Å²) in [6.45, 7) is 10.6. The molecule has 0 aromatic rings. The summed E-state index contributed by atoms with van der Waals surface area (Å²) < 4.78 is 0. The van der Waals surface area contributed by atoms with Crippen molar-refractivity contribution in [3.05, 3.63) is 6.92 Å². The second kappa shape index (κ2) is 18.4. The van der Waals surface area contributed by atoms with Crippen LogP contribution in [0.15, 0.2) is 0 Å². The van der Waals surface area contributed by atoms with E-state index >= 15 is 0 Å². The van der Waals surface area contributed by atoms with E-state index in [0.29, 0.717) is 6.42 Å². The molecule has 0 rings (SSSR count). The average molecular weight is 354 g/mol. The maximum absolute atomic E-state index is 10.8. The Morgan fingerprint density at radius 1 is 0.680 bits per heavy atom. The molecule has 0 heterocycles. The summed E-state index contributed by atoms with van der Waals surface area (Å²) in [6.07, 6.45) is 16.4. The zero-order valence-corrected chi connectivity index (χ0v) is 17.5. The lowest BCUT2D eigenvalue weighted by Gasteiger charge is -2.24. The van der Waals surface area contributed by atoms with Crippen molar-refractivity contribution in [1.82, 2.24) is 9.80 Å². The fraction of sp³-hybridized carbons (Fsp3) is 0.909. The number of rotatable bonds is 19. The second-order valence-electron chi connectivity index (χ2n) is 7.82. The van der Waals surface area contributed by atoms with Crippen LogP contribution in [0.5, 0.6) is 0 Å². The molecule has 1 radical (unpaired) electrons. The number of ketones is 1. The van der Waals surface area contributed by atoms with Crippen LogP contribution in [-0.2, 0) is 4.79 Å². The van der Waals surface area contributed by atoms with Gasteiger partial charge in [-0.05, 0) is 46.4 Å². The van der Waals surface area contributed by atoms with Crippen LogP contribution in [0.25, 0.3) is 0 Å². The Morgan fingerprint density at radius 3 is 1.64 bits per heavy atom. The van der Waals surface area contributed by atoms with E-state index in [0.717, 1.165) is 13.0 Å². The summed E-state index contributed by atoms with van der Waals surface area (Å²) >= 11 is 0. The summed E-state index contributed by atoms with van der Waals surface area (Å²) in [5, 5.41) is 0. The molecule has 3 nitrogen and oxygen atoms in total. The first-order valence-corrected chi connectivity index (χ1v) is 10.8. The highest BCUT2D eigenvalue weighted by atomic mass is 16.1. The van der Waals surface area contributed by atoms with Gasteiger partial charge in [-0.15, -0.1) is 0 Å². The topological polar surface area (TPSA) is 23.6 Å². The van der Waals surface area contributed by atoms with E-state index in [-0.39, 0.29) is 5.78 Å². The number of hydrogen-bond acceptors (Lipinski definition) is 3. The molecular formula is C22H45N2O. The monoisotopic (exact) mass is 353 g/mol. The summed E-state index contributed by atoms with van der Waals surface area (Å²) in [5.74, 6) is 0.0876. The van der Waals surface area contributed by atoms with Crippen molar-refractivity contribution in [3.8, 4) is 0 Å². The maximum atomic E-state index is 10.8. The first kappa shape index (κ1) is 24.6. The molecule has 3 heteroatoms. The Kier molecular flexibility index (Phi) is 18.1. The second-order valence-corrected chi connectivity index (χ2v) is 7.82. The highest BCUT2D eigenvalue weighted by molar-refractivity contribution is 5.82. The zero-order chi connectivity index (χ0) is 18.8. The first-order chi connectivity index (χ1) is 12.1. The summed E-state index contributed by atoms with van der Waals surface area (Å²) in [7, 11) is 4.32. The third kappa shape index (κ3) is 19.8. The Balaban J connectivity index is 3.72. The lowest BCUT2D eigenvalue weighted by Crippen LogP contribution is -2.33. The van der Waals surface area contributed by atoms with Gasteiger partial charge in [-0.2, -0.15) is 0 Å². The van der Waals surface area contributed by atoms with E-state index in [9.17, 15) is 4.79 Å². The average Bonchev–Trinajstić information content (AvgIpc) is 2.56. The van der Waals surface area contributed by atoms with Crippen molar-refractivity contribution in [3.63, 3.8) is 0 Å². The summed E-state index contributed by atoms with van der Waals surface area (Å²) in [6, 6.07) is 0. The molecule has 0 aromatic carbocycles. The highest BCUT2D eigenvalue weighted by Crippen LogP contribution is 2.10. The lowest BCUT2D eigenvalue weighted by molar-refractivity contribution is -0.114. The van der Waals surface area contributed by atoms with Crippen molar-refractivity contribution < 1.29 is 4.79 Å². The van der Waals surface area contributed by atoms with E-state index in [1.165, 1.54) is 90.3 Å². The van der Waals surface area contributed by atoms with Gasteiger partial charge in [0.05, 0.1) is 0 Å². The molecule has 0 amide bonds. The van der Waals surface area contributed by atoms with Crippen molar-refractivity contribution in [1.29, 1.82) is 0 Å². The van der Waals surface area contributed by atoms with E-state index < -0.39 is 0 Å². The standard InChI is InChI=1S/C22H45N2O/c1-5-6-7-8-9-12-15-18-24(21-20-23(3)4)19-16-13-10-11-14-17-22(2)25/h2,5-21H2,1,3-4H3. The molecule has 25 heavy (non-hydrogen) atoms. The fourth-order valence-corrected chi connectivity index (χ4v) is 3.16. The predicted molar refractivity (Wildman–Crippen MR) is 111 cm³/mol. The maximum Gasteiger partial charge on any atom is 0.133 e. The van der Waals surface area contributed by atoms with Gasteiger partial charge < -0.3 is 9.80 Å². The van der Waals surface area contributed by atoms with E-state index in [4.69, 9.17) is 0 Å². The molecule has 0 saturated carbocycles. The first-order valence-electron chi connectivity index (χ1n) is 10.8. The summed E-state index contributed by atoms with van der Waals surface area (Å²) in [5.41, 5.74) is 0. The molecule has 0 aliphatic rings. The molecule has 0 atom stereocenters. The molecule has 0 N–H and O–H groups in total. The minimum atomic E-state index is 0.0876. The van der Waals surface area contributed by atoms with Gasteiger partial charge in [0, 0.05) is 26.4 Å². The third-order valence-corrected chi connectivity index (χ3v) is 4.87. The number of carbonyl (C=O) groups is 1. The predicted octanol–water partition coefficient (Wildman–Crippen LogP) is 5.34. The minimum Gasteiger partial charge on any atom is -0.308 e. The van der Waals surface area contributed by atoms with Crippen molar-refractivity contribution in [2.75, 3.05) is 40.3 Å². The van der Waals surface area contributed by atoms with E-state index in [2.05, 4.69) is 37.7 Å². The third-order valence-electron chi connectivity index (χ3n) is 4.87. The van der Waals surface area contributed by atoms with Crippen LogP contribution < -0.4 is 0 Å². The largest absolute Gasteiger partial charge is 0.308 e. The molecule has 0 aromatic heterocycles. The van der Waals surface area contributed by atoms with Crippen molar-refractivity contribution >= 4 is 5.78 Å². The van der Waals surface area contributed by atoms with Gasteiger partial charge in [-0.25, -0.2) is 0 Å². The molecule has 0 aliphatic heterocycles. The molecule has 0 bridgehead atoms. The van der Waals surface area contributed by atoms with Crippen LogP contribution in [0, 0.1) is 6.92 Å². The number of carbonyl (C=O) groups excluding carboxylic acids is 1. The molecule has 0 aliphatic carbocycles. The van der Waals surface area contributed by atoms with Crippen LogP contribution in [-0.4, -0.2) is 55.9 Å². The number of hydrogen-bond donors (Lipinski definition) is 0. The van der Waals surface area contributed by atoms with Gasteiger partial charge in [0.2, 0.25) is 0 Å². The van der Waals surface area contributed by atoms with Gasteiger partial charge >= 0.3 is 0 Å². The highest BCUT2D eigenvalue weighted by Gasteiger charge is 2.05. The van der Waals surface area contributed by atoms with Crippen molar-refractivity contribution in [2.24, 2.45) is 0 Å². The Bertz CT molecular complexity index is 292. The zero-order valence-electron chi connectivity index (χ0n) is 17.5. The summed E-state index contributed by atoms with van der Waals surface area (Å²) in [4.78, 5) is 15.8. The van der Waals surface area contributed by atoms with E-state index in [1.54, 1.807) is 0 Å². The van der Waals surface area contributed by atoms with Gasteiger partial charge in [0.25, 0.3) is 0 Å². The van der Waals surface area contributed by atoms with Gasteiger partial charge in [0.1, 0.15) is 5.78 Å². The molecule has 0 spiro atoms. The molecule has 149 valence electrons. The fourth-order valence-electron chi connectivity index (χ4n) is 3.16. The smallest absolute Gasteiger partial charge is 0.133 e. The molecule has 0 unspecified atom stereocenters. The SMILES string of the molecule is [CH2]C(=O)CCCCCCCN(CCCCCCCCC)CCN(C)C. The molecule has 0 fully saturated rings. The van der Waals surface area contributed by atoms with Crippen LogP contribution in [0.4, 0.5) is 0 Å². The Hall–Kier alpha value is -0.410. The van der Waals surface area contributed by atoms with Gasteiger partial charge in [-0.1, -0.05) is 64.7 Å². The van der Waals surface area contributed by atoms with Crippen LogP contribution >= 0.6 is 0 Å².